The fourth-order valence-corrected chi connectivity index (χ4v) is 1.97. The van der Waals surface area contributed by atoms with Gasteiger partial charge < -0.3 is 16.0 Å². The molecule has 0 spiro atoms. The summed E-state index contributed by atoms with van der Waals surface area (Å²) in [6.07, 6.45) is 3.70. The zero-order valence-electron chi connectivity index (χ0n) is 12.8. The zero-order valence-corrected chi connectivity index (χ0v) is 12.8. The molecular weight excluding hydrogens is 292 g/mol. The summed E-state index contributed by atoms with van der Waals surface area (Å²) in [5.41, 5.74) is 1.94. The smallest absolute Gasteiger partial charge is 0.315 e. The second-order valence-electron chi connectivity index (χ2n) is 4.98. The van der Waals surface area contributed by atoms with Crippen LogP contribution in [0.4, 0.5) is 4.79 Å². The molecule has 6 nitrogen and oxygen atoms in total. The first-order valence-electron chi connectivity index (χ1n) is 7.45. The van der Waals surface area contributed by atoms with E-state index in [1.807, 2.05) is 42.5 Å². The van der Waals surface area contributed by atoms with E-state index in [2.05, 4.69) is 20.9 Å². The van der Waals surface area contributed by atoms with Crippen LogP contribution in [0, 0.1) is 0 Å². The summed E-state index contributed by atoms with van der Waals surface area (Å²) >= 11 is 0. The van der Waals surface area contributed by atoms with Crippen LogP contribution < -0.4 is 16.0 Å². The SMILES string of the molecule is O=C(Cc1ccccc1)NCCNC(=O)NCc1ccncc1. The number of nitrogens with zero attached hydrogens (tertiary/aromatic N) is 1. The van der Waals surface area contributed by atoms with Crippen LogP contribution in [0.3, 0.4) is 0 Å². The van der Waals surface area contributed by atoms with E-state index < -0.39 is 0 Å². The van der Waals surface area contributed by atoms with E-state index in [0.717, 1.165) is 11.1 Å². The van der Waals surface area contributed by atoms with Crippen molar-refractivity contribution >= 4 is 11.9 Å². The van der Waals surface area contributed by atoms with E-state index in [9.17, 15) is 9.59 Å². The molecule has 0 fully saturated rings. The molecule has 0 saturated heterocycles. The van der Waals surface area contributed by atoms with E-state index in [0.29, 0.717) is 26.1 Å². The van der Waals surface area contributed by atoms with Gasteiger partial charge in [-0.1, -0.05) is 30.3 Å². The van der Waals surface area contributed by atoms with E-state index in [1.165, 1.54) is 0 Å². The van der Waals surface area contributed by atoms with Crippen LogP contribution in [0.5, 0.6) is 0 Å². The number of rotatable bonds is 7. The standard InChI is InChI=1S/C17H20N4O2/c22-16(12-14-4-2-1-3-5-14)19-10-11-20-17(23)21-13-15-6-8-18-9-7-15/h1-9H,10-13H2,(H,19,22)(H2,20,21,23). The number of carbonyl (C=O) groups excluding carboxylic acids is 2. The first kappa shape index (κ1) is 16.5. The molecule has 0 aliphatic heterocycles. The van der Waals surface area contributed by atoms with Crippen LogP contribution in [-0.4, -0.2) is 30.0 Å². The van der Waals surface area contributed by atoms with E-state index in [1.54, 1.807) is 12.4 Å². The Morgan fingerprint density at radius 1 is 0.826 bits per heavy atom. The Morgan fingerprint density at radius 3 is 2.26 bits per heavy atom. The number of carbonyl (C=O) groups is 2. The van der Waals surface area contributed by atoms with Crippen molar-refractivity contribution in [1.82, 2.24) is 20.9 Å². The largest absolute Gasteiger partial charge is 0.354 e. The summed E-state index contributed by atoms with van der Waals surface area (Å²) in [6.45, 7) is 1.21. The Hall–Kier alpha value is -2.89. The summed E-state index contributed by atoms with van der Waals surface area (Å²) in [6, 6.07) is 12.9. The molecule has 23 heavy (non-hydrogen) atoms. The van der Waals surface area contributed by atoms with Gasteiger partial charge in [-0.15, -0.1) is 0 Å². The van der Waals surface area contributed by atoms with E-state index >= 15 is 0 Å². The number of nitrogens with one attached hydrogen (secondary N) is 3. The van der Waals surface area contributed by atoms with Gasteiger partial charge in [0.2, 0.25) is 5.91 Å². The monoisotopic (exact) mass is 312 g/mol. The van der Waals surface area contributed by atoms with Crippen molar-refractivity contribution in [1.29, 1.82) is 0 Å². The third kappa shape index (κ3) is 6.60. The molecule has 3 N–H and O–H groups in total. The highest BCUT2D eigenvalue weighted by Gasteiger charge is 2.03. The Morgan fingerprint density at radius 2 is 1.52 bits per heavy atom. The fourth-order valence-electron chi connectivity index (χ4n) is 1.97. The fraction of sp³-hybridized carbons (Fsp3) is 0.235. The van der Waals surface area contributed by atoms with Gasteiger partial charge in [0.25, 0.3) is 0 Å². The van der Waals surface area contributed by atoms with Crippen LogP contribution in [0.1, 0.15) is 11.1 Å². The summed E-state index contributed by atoms with van der Waals surface area (Å²) in [5.74, 6) is -0.0600. The predicted molar refractivity (Wildman–Crippen MR) is 87.6 cm³/mol. The molecule has 2 aromatic rings. The lowest BCUT2D eigenvalue weighted by Crippen LogP contribution is -2.40. The summed E-state index contributed by atoms with van der Waals surface area (Å²) in [7, 11) is 0. The lowest BCUT2D eigenvalue weighted by atomic mass is 10.1. The number of hydrogen-bond acceptors (Lipinski definition) is 3. The molecule has 120 valence electrons. The molecule has 0 unspecified atom stereocenters. The topological polar surface area (TPSA) is 83.1 Å². The van der Waals surface area contributed by atoms with Crippen LogP contribution in [0.2, 0.25) is 0 Å². The minimum atomic E-state index is -0.265. The molecule has 1 aromatic carbocycles. The van der Waals surface area contributed by atoms with Crippen molar-refractivity contribution in [3.05, 3.63) is 66.0 Å². The normalized spacial score (nSPS) is 9.91. The van der Waals surface area contributed by atoms with Crippen LogP contribution in [0.15, 0.2) is 54.9 Å². The molecule has 0 aliphatic rings. The number of hydrogen-bond donors (Lipinski definition) is 3. The summed E-state index contributed by atoms with van der Waals surface area (Å²) in [5, 5.41) is 8.20. The Kier molecular flexibility index (Phi) is 6.59. The van der Waals surface area contributed by atoms with Crippen molar-refractivity contribution in [3.63, 3.8) is 0 Å². The third-order valence-corrected chi connectivity index (χ3v) is 3.14. The maximum absolute atomic E-state index is 11.7. The Labute approximate surface area is 135 Å². The third-order valence-electron chi connectivity index (χ3n) is 3.14. The molecule has 1 heterocycles. The molecule has 0 aliphatic carbocycles. The molecule has 1 aromatic heterocycles. The molecule has 0 saturated carbocycles. The van der Waals surface area contributed by atoms with Crippen LogP contribution in [-0.2, 0) is 17.8 Å². The summed E-state index contributed by atoms with van der Waals surface area (Å²) < 4.78 is 0. The maximum atomic E-state index is 11.7. The second kappa shape index (κ2) is 9.19. The van der Waals surface area contributed by atoms with E-state index in [4.69, 9.17) is 0 Å². The van der Waals surface area contributed by atoms with Gasteiger partial charge in [-0.3, -0.25) is 9.78 Å². The highest BCUT2D eigenvalue weighted by atomic mass is 16.2. The molecule has 0 radical (unpaired) electrons. The molecule has 3 amide bonds. The number of benzene rings is 1. The molecule has 0 bridgehead atoms. The van der Waals surface area contributed by atoms with Gasteiger partial charge in [-0.2, -0.15) is 0 Å². The van der Waals surface area contributed by atoms with Gasteiger partial charge in [0.1, 0.15) is 0 Å². The average Bonchev–Trinajstić information content (AvgIpc) is 2.59. The first-order valence-corrected chi connectivity index (χ1v) is 7.45. The number of amides is 3. The van der Waals surface area contributed by atoms with Crippen LogP contribution >= 0.6 is 0 Å². The van der Waals surface area contributed by atoms with Crippen molar-refractivity contribution < 1.29 is 9.59 Å². The van der Waals surface area contributed by atoms with Crippen molar-refractivity contribution in [2.24, 2.45) is 0 Å². The number of urea groups is 1. The van der Waals surface area contributed by atoms with Gasteiger partial charge in [0, 0.05) is 32.0 Å². The minimum absolute atomic E-state index is 0.0600. The quantitative estimate of drug-likeness (QED) is 0.673. The number of pyridine rings is 1. The zero-order chi connectivity index (χ0) is 16.3. The highest BCUT2D eigenvalue weighted by Crippen LogP contribution is 1.98. The highest BCUT2D eigenvalue weighted by molar-refractivity contribution is 5.78. The Bertz CT molecular complexity index is 617. The lowest BCUT2D eigenvalue weighted by Gasteiger charge is -2.09. The average molecular weight is 312 g/mol. The lowest BCUT2D eigenvalue weighted by molar-refractivity contribution is -0.120. The van der Waals surface area contributed by atoms with Gasteiger partial charge in [-0.05, 0) is 23.3 Å². The van der Waals surface area contributed by atoms with Gasteiger partial charge in [-0.25, -0.2) is 4.79 Å². The van der Waals surface area contributed by atoms with Gasteiger partial charge in [0.05, 0.1) is 6.42 Å². The first-order chi connectivity index (χ1) is 11.2. The molecule has 2 rings (SSSR count). The molecule has 0 atom stereocenters. The summed E-state index contributed by atoms with van der Waals surface area (Å²) in [4.78, 5) is 27.2. The Balaban J connectivity index is 1.56. The minimum Gasteiger partial charge on any atom is -0.354 e. The van der Waals surface area contributed by atoms with Gasteiger partial charge >= 0.3 is 6.03 Å². The number of aromatic nitrogens is 1. The van der Waals surface area contributed by atoms with Gasteiger partial charge in [0.15, 0.2) is 0 Å². The predicted octanol–water partition coefficient (Wildman–Crippen LogP) is 1.24. The molecular formula is C17H20N4O2. The maximum Gasteiger partial charge on any atom is 0.315 e. The molecule has 6 heteroatoms. The van der Waals surface area contributed by atoms with Crippen LogP contribution in [0.25, 0.3) is 0 Å². The van der Waals surface area contributed by atoms with Crippen molar-refractivity contribution in [2.75, 3.05) is 13.1 Å². The van der Waals surface area contributed by atoms with E-state index in [-0.39, 0.29) is 11.9 Å². The van der Waals surface area contributed by atoms with Crippen molar-refractivity contribution in [2.45, 2.75) is 13.0 Å². The second-order valence-corrected chi connectivity index (χ2v) is 4.98. The van der Waals surface area contributed by atoms with Crippen molar-refractivity contribution in [3.8, 4) is 0 Å².